The van der Waals surface area contributed by atoms with Crippen LogP contribution in [-0.4, -0.2) is 31.2 Å². The molecule has 24 heavy (non-hydrogen) atoms. The molecule has 124 valence electrons. The van der Waals surface area contributed by atoms with Crippen LogP contribution in [0.25, 0.3) is 0 Å². The Kier molecular flexibility index (Phi) is 4.40. The summed E-state index contributed by atoms with van der Waals surface area (Å²) < 4.78 is 2.09. The van der Waals surface area contributed by atoms with Gasteiger partial charge in [0.2, 0.25) is 0 Å². The van der Waals surface area contributed by atoms with E-state index in [1.807, 2.05) is 24.2 Å². The maximum atomic E-state index is 4.57. The van der Waals surface area contributed by atoms with Gasteiger partial charge in [-0.3, -0.25) is 10.00 Å². The lowest BCUT2D eigenvalue weighted by Gasteiger charge is -2.26. The van der Waals surface area contributed by atoms with Crippen LogP contribution in [0.4, 0.5) is 0 Å². The summed E-state index contributed by atoms with van der Waals surface area (Å²) in [5.74, 6) is 2.02. The highest BCUT2D eigenvalue weighted by molar-refractivity contribution is 7.98. The van der Waals surface area contributed by atoms with Crippen LogP contribution >= 0.6 is 11.8 Å². The average molecular weight is 339 g/mol. The molecule has 6 heteroatoms. The Balaban J connectivity index is 1.45. The number of rotatable bonds is 5. The molecule has 0 unspecified atom stereocenters. The summed E-state index contributed by atoms with van der Waals surface area (Å²) in [7, 11) is 2.05. The molecule has 0 saturated carbocycles. The van der Waals surface area contributed by atoms with Crippen molar-refractivity contribution in [2.24, 2.45) is 7.05 Å². The van der Waals surface area contributed by atoms with Crippen molar-refractivity contribution in [3.63, 3.8) is 0 Å². The van der Waals surface area contributed by atoms with Crippen molar-refractivity contribution in [1.82, 2.24) is 24.6 Å². The van der Waals surface area contributed by atoms with Crippen molar-refractivity contribution >= 4 is 11.8 Å². The second-order valence-corrected chi connectivity index (χ2v) is 7.19. The Morgan fingerprint density at radius 3 is 2.92 bits per heavy atom. The number of hydrogen-bond acceptors (Lipinski definition) is 4. The minimum Gasteiger partial charge on any atom is -0.337 e. The number of thioether (sulfide) groups is 1. The van der Waals surface area contributed by atoms with Gasteiger partial charge in [-0.15, -0.1) is 11.8 Å². The highest BCUT2D eigenvalue weighted by Crippen LogP contribution is 2.27. The van der Waals surface area contributed by atoms with E-state index >= 15 is 0 Å². The topological polar surface area (TPSA) is 49.7 Å². The standard InChI is InChI=1S/C18H21N5S/c1-22-10-8-19-18(22)12-23-9-7-16-15(11-23)17(21-20-16)13-24-14-5-3-2-4-6-14/h2-6,8,10H,7,9,11-13H2,1H3,(H,20,21). The lowest BCUT2D eigenvalue weighted by molar-refractivity contribution is 0.236. The summed E-state index contributed by atoms with van der Waals surface area (Å²) >= 11 is 1.84. The summed E-state index contributed by atoms with van der Waals surface area (Å²) in [5, 5.41) is 7.81. The molecule has 0 atom stereocenters. The molecule has 1 aliphatic heterocycles. The molecule has 3 heterocycles. The molecule has 0 saturated heterocycles. The van der Waals surface area contributed by atoms with Crippen LogP contribution in [-0.2, 0) is 32.3 Å². The molecular weight excluding hydrogens is 318 g/mol. The van der Waals surface area contributed by atoms with Crippen molar-refractivity contribution in [2.45, 2.75) is 30.2 Å². The molecule has 3 aromatic rings. The number of benzene rings is 1. The van der Waals surface area contributed by atoms with E-state index in [-0.39, 0.29) is 0 Å². The Morgan fingerprint density at radius 1 is 1.25 bits per heavy atom. The van der Waals surface area contributed by atoms with E-state index in [0.29, 0.717) is 0 Å². The summed E-state index contributed by atoms with van der Waals surface area (Å²) in [5.41, 5.74) is 3.86. The minimum atomic E-state index is 0.888. The van der Waals surface area contributed by atoms with Gasteiger partial charge in [-0.05, 0) is 12.1 Å². The molecule has 5 nitrogen and oxygen atoms in total. The van der Waals surface area contributed by atoms with E-state index in [1.54, 1.807) is 0 Å². The van der Waals surface area contributed by atoms with Gasteiger partial charge in [-0.25, -0.2) is 4.98 Å². The van der Waals surface area contributed by atoms with Gasteiger partial charge >= 0.3 is 0 Å². The molecule has 2 aromatic heterocycles. The van der Waals surface area contributed by atoms with E-state index in [1.165, 1.54) is 21.8 Å². The predicted octanol–water partition coefficient (Wildman–Crippen LogP) is 2.99. The first kappa shape index (κ1) is 15.5. The fourth-order valence-corrected chi connectivity index (χ4v) is 3.97. The van der Waals surface area contributed by atoms with Gasteiger partial charge < -0.3 is 4.57 Å². The second-order valence-electron chi connectivity index (χ2n) is 6.14. The Hall–Kier alpha value is -2.05. The second kappa shape index (κ2) is 6.83. The molecule has 0 radical (unpaired) electrons. The third kappa shape index (κ3) is 3.25. The van der Waals surface area contributed by atoms with Crippen LogP contribution in [0.3, 0.4) is 0 Å². The Morgan fingerprint density at radius 2 is 2.12 bits per heavy atom. The summed E-state index contributed by atoms with van der Waals surface area (Å²) in [6.07, 6.45) is 4.90. The number of imidazole rings is 1. The van der Waals surface area contributed by atoms with Gasteiger partial charge in [0, 0.05) is 60.9 Å². The summed E-state index contributed by atoms with van der Waals surface area (Å²) in [4.78, 5) is 8.19. The first-order chi connectivity index (χ1) is 11.8. The number of aryl methyl sites for hydroxylation is 1. The molecular formula is C18H21N5S. The number of aromatic nitrogens is 4. The Labute approximate surface area is 146 Å². The lowest BCUT2D eigenvalue weighted by Crippen LogP contribution is -2.31. The third-order valence-electron chi connectivity index (χ3n) is 4.50. The predicted molar refractivity (Wildman–Crippen MR) is 95.6 cm³/mol. The first-order valence-corrected chi connectivity index (χ1v) is 9.19. The zero-order chi connectivity index (χ0) is 16.4. The van der Waals surface area contributed by atoms with Crippen LogP contribution in [0.5, 0.6) is 0 Å². The van der Waals surface area contributed by atoms with Crippen molar-refractivity contribution in [2.75, 3.05) is 6.54 Å². The maximum absolute atomic E-state index is 4.57. The van der Waals surface area contributed by atoms with Gasteiger partial charge in [-0.1, -0.05) is 18.2 Å². The zero-order valence-corrected chi connectivity index (χ0v) is 14.6. The normalized spacial score (nSPS) is 14.7. The van der Waals surface area contributed by atoms with Crippen LogP contribution in [0.1, 0.15) is 22.8 Å². The molecule has 1 aromatic carbocycles. The van der Waals surface area contributed by atoms with Crippen molar-refractivity contribution in [1.29, 1.82) is 0 Å². The third-order valence-corrected chi connectivity index (χ3v) is 5.53. The fourth-order valence-electron chi connectivity index (χ4n) is 3.08. The highest BCUT2D eigenvalue weighted by atomic mass is 32.2. The van der Waals surface area contributed by atoms with Gasteiger partial charge in [0.15, 0.2) is 0 Å². The minimum absolute atomic E-state index is 0.888. The number of H-pyrrole nitrogens is 1. The van der Waals surface area contributed by atoms with Crippen LogP contribution in [0.2, 0.25) is 0 Å². The fraction of sp³-hybridized carbons (Fsp3) is 0.333. The SMILES string of the molecule is Cn1ccnc1CN1CCc2[nH]nc(CSc3ccccc3)c2C1. The molecule has 0 aliphatic carbocycles. The van der Waals surface area contributed by atoms with Crippen molar-refractivity contribution in [3.05, 3.63) is 65.5 Å². The summed E-state index contributed by atoms with van der Waals surface area (Å²) in [6, 6.07) is 10.5. The van der Waals surface area contributed by atoms with E-state index in [0.717, 1.165) is 37.6 Å². The van der Waals surface area contributed by atoms with Gasteiger partial charge in [0.05, 0.1) is 12.2 Å². The molecule has 0 amide bonds. The monoisotopic (exact) mass is 339 g/mol. The molecule has 1 aliphatic rings. The molecule has 0 spiro atoms. The average Bonchev–Trinajstić information content (AvgIpc) is 3.20. The number of fused-ring (bicyclic) bond motifs is 1. The zero-order valence-electron chi connectivity index (χ0n) is 13.8. The number of aromatic amines is 1. The largest absolute Gasteiger partial charge is 0.337 e. The van der Waals surface area contributed by atoms with E-state index in [9.17, 15) is 0 Å². The quantitative estimate of drug-likeness (QED) is 0.726. The lowest BCUT2D eigenvalue weighted by atomic mass is 10.1. The number of nitrogens with zero attached hydrogens (tertiary/aromatic N) is 4. The molecule has 0 bridgehead atoms. The summed E-state index contributed by atoms with van der Waals surface area (Å²) in [6.45, 7) is 2.89. The van der Waals surface area contributed by atoms with Gasteiger partial charge in [0.25, 0.3) is 0 Å². The van der Waals surface area contributed by atoms with Crippen LogP contribution in [0.15, 0.2) is 47.6 Å². The molecule has 1 N–H and O–H groups in total. The maximum Gasteiger partial charge on any atom is 0.122 e. The van der Waals surface area contributed by atoms with Crippen LogP contribution in [0, 0.1) is 0 Å². The van der Waals surface area contributed by atoms with E-state index in [4.69, 9.17) is 0 Å². The Bertz CT molecular complexity index is 808. The van der Waals surface area contributed by atoms with E-state index < -0.39 is 0 Å². The van der Waals surface area contributed by atoms with E-state index in [2.05, 4.69) is 62.0 Å². The number of nitrogens with one attached hydrogen (secondary N) is 1. The van der Waals surface area contributed by atoms with Crippen molar-refractivity contribution < 1.29 is 0 Å². The molecule has 0 fully saturated rings. The number of hydrogen-bond donors (Lipinski definition) is 1. The smallest absolute Gasteiger partial charge is 0.122 e. The molecule has 4 rings (SSSR count). The highest BCUT2D eigenvalue weighted by Gasteiger charge is 2.22. The van der Waals surface area contributed by atoms with Gasteiger partial charge in [-0.2, -0.15) is 5.10 Å². The first-order valence-electron chi connectivity index (χ1n) is 8.21. The van der Waals surface area contributed by atoms with Crippen molar-refractivity contribution in [3.8, 4) is 0 Å². The van der Waals surface area contributed by atoms with Gasteiger partial charge in [0.1, 0.15) is 5.82 Å². The van der Waals surface area contributed by atoms with Crippen LogP contribution < -0.4 is 0 Å².